The largest absolute Gasteiger partial charge is 0.480 e. The van der Waals surface area contributed by atoms with Crippen LogP contribution in [0, 0.1) is 0 Å². The molecule has 0 heterocycles. The molecule has 2 unspecified atom stereocenters. The summed E-state index contributed by atoms with van der Waals surface area (Å²) in [6.45, 7) is 2.13. The number of aliphatic carboxylic acids is 1. The number of nitrogens with two attached hydrogens (primary N) is 1. The molecule has 7 N–H and O–H groups in total. The van der Waals surface area contributed by atoms with Crippen LogP contribution in [0.2, 0.25) is 0 Å². The van der Waals surface area contributed by atoms with Crippen LogP contribution in [0.3, 0.4) is 0 Å². The molecule has 0 saturated carbocycles. The van der Waals surface area contributed by atoms with Crippen molar-refractivity contribution in [2.45, 2.75) is 38.1 Å². The highest BCUT2D eigenvalue weighted by Crippen LogP contribution is 1.97. The number of carbonyl (C=O) groups is 1. The lowest BCUT2D eigenvalue weighted by atomic mass is 10.1. The van der Waals surface area contributed by atoms with Crippen LogP contribution in [0.5, 0.6) is 0 Å². The Labute approximate surface area is 101 Å². The van der Waals surface area contributed by atoms with Gasteiger partial charge in [-0.25, -0.2) is 0 Å². The first kappa shape index (κ1) is 16.3. The smallest absolute Gasteiger partial charge is 0.320 e. The molecule has 0 radical (unpaired) electrons. The van der Waals surface area contributed by atoms with E-state index in [1.54, 1.807) is 0 Å². The van der Waals surface area contributed by atoms with Gasteiger partial charge in [0.15, 0.2) is 0 Å². The monoisotopic (exact) mass is 249 g/mol. The third-order valence-corrected chi connectivity index (χ3v) is 2.24. The lowest BCUT2D eigenvalue weighted by molar-refractivity contribution is -0.139. The summed E-state index contributed by atoms with van der Waals surface area (Å²) in [7, 11) is 0. The molecule has 0 aliphatic rings. The Hall–Kier alpha value is -0.730. The minimum absolute atomic E-state index is 0.0637. The van der Waals surface area contributed by atoms with Crippen molar-refractivity contribution in [2.24, 2.45) is 5.73 Å². The first-order valence-corrected chi connectivity index (χ1v) is 5.71. The van der Waals surface area contributed by atoms with Crippen molar-refractivity contribution in [1.82, 2.24) is 10.6 Å². The van der Waals surface area contributed by atoms with E-state index >= 15 is 0 Å². The Bertz CT molecular complexity index is 214. The molecule has 0 aliphatic carbocycles. The average molecular weight is 249 g/mol. The van der Waals surface area contributed by atoms with Crippen molar-refractivity contribution < 1.29 is 20.1 Å². The number of carboxylic acids is 1. The maximum atomic E-state index is 10.9. The van der Waals surface area contributed by atoms with Gasteiger partial charge in [-0.3, -0.25) is 4.79 Å². The van der Waals surface area contributed by atoms with E-state index in [4.69, 9.17) is 21.1 Å². The topological polar surface area (TPSA) is 128 Å². The zero-order valence-electron chi connectivity index (χ0n) is 10.1. The molecule has 0 aromatic rings. The first-order valence-electron chi connectivity index (χ1n) is 5.71. The number of aliphatic hydroxyl groups excluding tert-OH is 2. The fraction of sp³-hybridized carbons (Fsp3) is 0.900. The van der Waals surface area contributed by atoms with Crippen molar-refractivity contribution in [3.05, 3.63) is 0 Å². The average Bonchev–Trinajstić information content (AvgIpc) is 2.26. The van der Waals surface area contributed by atoms with Crippen LogP contribution in [0.1, 0.15) is 19.8 Å². The molecular formula is C10H23N3O4. The second-order valence-electron chi connectivity index (χ2n) is 4.02. The zero-order chi connectivity index (χ0) is 13.3. The quantitative estimate of drug-likeness (QED) is 0.196. The summed E-state index contributed by atoms with van der Waals surface area (Å²) in [5.41, 5.74) is 5.48. The van der Waals surface area contributed by atoms with Gasteiger partial charge in [0.1, 0.15) is 6.04 Å². The summed E-state index contributed by atoms with van der Waals surface area (Å²) >= 11 is 0. The van der Waals surface area contributed by atoms with E-state index in [9.17, 15) is 4.79 Å². The van der Waals surface area contributed by atoms with Gasteiger partial charge in [0.05, 0.1) is 18.9 Å². The standard InChI is InChI=1S/C10H23N3O4/c1-7(11)12-4-2-3-9(10(16)17)13-5-8(15)6-14/h7-9,12-15H,2-6,11H2,1H3,(H,16,17)/t7-,8?,9?/m0/s1. The van der Waals surface area contributed by atoms with Gasteiger partial charge in [0.25, 0.3) is 0 Å². The molecule has 0 bridgehead atoms. The highest BCUT2D eigenvalue weighted by Gasteiger charge is 2.17. The van der Waals surface area contributed by atoms with E-state index in [2.05, 4.69) is 10.6 Å². The minimum Gasteiger partial charge on any atom is -0.480 e. The predicted octanol–water partition coefficient (Wildman–Crippen LogP) is -1.94. The van der Waals surface area contributed by atoms with E-state index in [1.807, 2.05) is 6.92 Å². The SMILES string of the molecule is C[C@@H](N)NCCCC(NCC(O)CO)C(=O)O. The number of nitrogens with one attached hydrogen (secondary N) is 2. The molecule has 0 aromatic carbocycles. The van der Waals surface area contributed by atoms with Crippen LogP contribution in [0.4, 0.5) is 0 Å². The maximum Gasteiger partial charge on any atom is 0.320 e. The molecule has 0 amide bonds. The molecule has 102 valence electrons. The number of carboxylic acid groups (broad SMARTS) is 1. The van der Waals surface area contributed by atoms with Gasteiger partial charge < -0.3 is 31.7 Å². The minimum atomic E-state index is -0.962. The third kappa shape index (κ3) is 9.02. The molecule has 0 saturated heterocycles. The molecule has 7 nitrogen and oxygen atoms in total. The summed E-state index contributed by atoms with van der Waals surface area (Å²) in [6, 6.07) is -0.717. The van der Waals surface area contributed by atoms with Gasteiger partial charge in [-0.1, -0.05) is 0 Å². The van der Waals surface area contributed by atoms with Crippen molar-refractivity contribution >= 4 is 5.97 Å². The van der Waals surface area contributed by atoms with Crippen LogP contribution < -0.4 is 16.4 Å². The Kier molecular flexibility index (Phi) is 8.92. The highest BCUT2D eigenvalue weighted by atomic mass is 16.4. The van der Waals surface area contributed by atoms with E-state index < -0.39 is 18.1 Å². The van der Waals surface area contributed by atoms with Gasteiger partial charge in [0, 0.05) is 6.54 Å². The second kappa shape index (κ2) is 9.32. The maximum absolute atomic E-state index is 10.9. The van der Waals surface area contributed by atoms with Crippen LogP contribution in [-0.4, -0.2) is 59.3 Å². The summed E-state index contributed by atoms with van der Waals surface area (Å²) in [6.07, 6.45) is 0.0648. The Balaban J connectivity index is 3.79. The van der Waals surface area contributed by atoms with Gasteiger partial charge in [-0.05, 0) is 26.3 Å². The van der Waals surface area contributed by atoms with E-state index in [1.165, 1.54) is 0 Å². The molecule has 0 rings (SSSR count). The van der Waals surface area contributed by atoms with Crippen molar-refractivity contribution in [3.8, 4) is 0 Å². The van der Waals surface area contributed by atoms with Crippen LogP contribution in [-0.2, 0) is 4.79 Å². The number of hydrogen-bond acceptors (Lipinski definition) is 6. The molecule has 7 heteroatoms. The van der Waals surface area contributed by atoms with Crippen molar-refractivity contribution in [1.29, 1.82) is 0 Å². The van der Waals surface area contributed by atoms with Crippen molar-refractivity contribution in [2.75, 3.05) is 19.7 Å². The number of rotatable bonds is 10. The fourth-order valence-corrected chi connectivity index (χ4v) is 1.29. The van der Waals surface area contributed by atoms with Crippen LogP contribution in [0.25, 0.3) is 0 Å². The van der Waals surface area contributed by atoms with Gasteiger partial charge in [0.2, 0.25) is 0 Å². The van der Waals surface area contributed by atoms with Gasteiger partial charge >= 0.3 is 5.97 Å². The first-order chi connectivity index (χ1) is 7.97. The third-order valence-electron chi connectivity index (χ3n) is 2.24. The predicted molar refractivity (Wildman–Crippen MR) is 63.4 cm³/mol. The lowest BCUT2D eigenvalue weighted by Gasteiger charge is -2.16. The van der Waals surface area contributed by atoms with Crippen LogP contribution in [0.15, 0.2) is 0 Å². The summed E-state index contributed by atoms with van der Waals surface area (Å²) in [5, 5.41) is 32.3. The van der Waals surface area contributed by atoms with Gasteiger partial charge in [-0.15, -0.1) is 0 Å². The Morgan fingerprint density at radius 3 is 2.53 bits per heavy atom. The van der Waals surface area contributed by atoms with E-state index in [0.717, 1.165) is 0 Å². The molecule has 0 fully saturated rings. The summed E-state index contributed by atoms with van der Waals surface area (Å²) in [4.78, 5) is 10.9. The molecule has 17 heavy (non-hydrogen) atoms. The highest BCUT2D eigenvalue weighted by molar-refractivity contribution is 5.73. The summed E-state index contributed by atoms with van der Waals surface area (Å²) in [5.74, 6) is -0.962. The van der Waals surface area contributed by atoms with Crippen LogP contribution >= 0.6 is 0 Å². The number of aliphatic hydroxyl groups is 2. The van der Waals surface area contributed by atoms with E-state index in [0.29, 0.717) is 19.4 Å². The van der Waals surface area contributed by atoms with Crippen molar-refractivity contribution in [3.63, 3.8) is 0 Å². The number of hydrogen-bond donors (Lipinski definition) is 6. The second-order valence-corrected chi connectivity index (χ2v) is 4.02. The lowest BCUT2D eigenvalue weighted by Crippen LogP contribution is -2.42. The Morgan fingerprint density at radius 2 is 2.06 bits per heavy atom. The Morgan fingerprint density at radius 1 is 1.41 bits per heavy atom. The molecular weight excluding hydrogens is 226 g/mol. The molecule has 3 atom stereocenters. The molecule has 0 spiro atoms. The molecule has 0 aliphatic heterocycles. The summed E-state index contributed by atoms with van der Waals surface area (Å²) < 4.78 is 0. The van der Waals surface area contributed by atoms with E-state index in [-0.39, 0.29) is 19.3 Å². The zero-order valence-corrected chi connectivity index (χ0v) is 10.1. The normalized spacial score (nSPS) is 16.5. The van der Waals surface area contributed by atoms with Gasteiger partial charge in [-0.2, -0.15) is 0 Å². The molecule has 0 aromatic heterocycles. The fourth-order valence-electron chi connectivity index (χ4n) is 1.29.